The van der Waals surface area contributed by atoms with E-state index in [2.05, 4.69) is 29.5 Å². The van der Waals surface area contributed by atoms with Gasteiger partial charge in [-0.25, -0.2) is 4.98 Å². The van der Waals surface area contributed by atoms with E-state index in [-0.39, 0.29) is 5.91 Å². The molecule has 0 radical (unpaired) electrons. The highest BCUT2D eigenvalue weighted by atomic mass is 16.1. The summed E-state index contributed by atoms with van der Waals surface area (Å²) < 4.78 is 2.29. The Bertz CT molecular complexity index is 643. The van der Waals surface area contributed by atoms with Crippen molar-refractivity contribution in [3.05, 3.63) is 42.2 Å². The van der Waals surface area contributed by atoms with Gasteiger partial charge < -0.3 is 9.88 Å². The predicted octanol–water partition coefficient (Wildman–Crippen LogP) is 3.07. The number of para-hydroxylation sites is 2. The zero-order valence-corrected chi connectivity index (χ0v) is 12.9. The molecule has 0 saturated carbocycles. The Morgan fingerprint density at radius 3 is 2.86 bits per heavy atom. The summed E-state index contributed by atoms with van der Waals surface area (Å²) in [6, 6.07) is 8.23. The van der Waals surface area contributed by atoms with Crippen LogP contribution < -0.4 is 5.32 Å². The normalized spacial score (nSPS) is 10.8. The van der Waals surface area contributed by atoms with Crippen LogP contribution in [0, 0.1) is 0 Å². The zero-order valence-electron chi connectivity index (χ0n) is 12.9. The second-order valence-corrected chi connectivity index (χ2v) is 5.31. The molecule has 0 spiro atoms. The summed E-state index contributed by atoms with van der Waals surface area (Å²) in [5.74, 6) is 1.03. The molecule has 0 bridgehead atoms. The average molecular weight is 285 g/mol. The number of hydrogen-bond acceptors (Lipinski definition) is 2. The topological polar surface area (TPSA) is 46.9 Å². The summed E-state index contributed by atoms with van der Waals surface area (Å²) in [6.45, 7) is 9.16. The lowest BCUT2D eigenvalue weighted by Gasteiger charge is -2.08. The van der Waals surface area contributed by atoms with Gasteiger partial charge in [-0.15, -0.1) is 0 Å². The van der Waals surface area contributed by atoms with Crippen molar-refractivity contribution >= 4 is 16.9 Å². The smallest absolute Gasteiger partial charge is 0.246 e. The van der Waals surface area contributed by atoms with Gasteiger partial charge >= 0.3 is 0 Å². The molecule has 1 N–H and O–H groups in total. The highest BCUT2D eigenvalue weighted by Gasteiger charge is 2.09. The number of imidazole rings is 1. The Kier molecular flexibility index (Phi) is 5.14. The second kappa shape index (κ2) is 7.07. The van der Waals surface area contributed by atoms with E-state index in [1.165, 1.54) is 5.52 Å². The molecule has 21 heavy (non-hydrogen) atoms. The van der Waals surface area contributed by atoms with Gasteiger partial charge in [-0.05, 0) is 31.9 Å². The minimum absolute atomic E-state index is 0.0722. The molecule has 0 aliphatic carbocycles. The number of aryl methyl sites for hydroxylation is 2. The Hall–Kier alpha value is -2.10. The Labute approximate surface area is 125 Å². The maximum Gasteiger partial charge on any atom is 0.246 e. The van der Waals surface area contributed by atoms with E-state index in [0.29, 0.717) is 12.1 Å². The summed E-state index contributed by atoms with van der Waals surface area (Å²) in [6.07, 6.45) is 2.83. The lowest BCUT2D eigenvalue weighted by Crippen LogP contribution is -2.25. The first-order chi connectivity index (χ1) is 10.1. The minimum atomic E-state index is -0.0722. The van der Waals surface area contributed by atoms with E-state index < -0.39 is 0 Å². The number of nitrogens with zero attached hydrogens (tertiary/aromatic N) is 2. The first-order valence-corrected chi connectivity index (χ1v) is 7.51. The maximum absolute atomic E-state index is 11.4. The van der Waals surface area contributed by atoms with Crippen LogP contribution in [-0.4, -0.2) is 22.0 Å². The fourth-order valence-electron chi connectivity index (χ4n) is 2.39. The lowest BCUT2D eigenvalue weighted by molar-refractivity contribution is -0.117. The zero-order chi connectivity index (χ0) is 15.2. The summed E-state index contributed by atoms with van der Waals surface area (Å²) in [4.78, 5) is 16.1. The third-order valence-electron chi connectivity index (χ3n) is 3.43. The molecule has 1 heterocycles. The van der Waals surface area contributed by atoms with Crippen LogP contribution in [0.3, 0.4) is 0 Å². The quantitative estimate of drug-likeness (QED) is 0.628. The van der Waals surface area contributed by atoms with Gasteiger partial charge in [-0.1, -0.05) is 25.6 Å². The van der Waals surface area contributed by atoms with Crippen LogP contribution in [-0.2, 0) is 17.8 Å². The monoisotopic (exact) mass is 285 g/mol. The van der Waals surface area contributed by atoms with E-state index in [0.717, 1.165) is 37.1 Å². The predicted molar refractivity (Wildman–Crippen MR) is 86.2 cm³/mol. The van der Waals surface area contributed by atoms with Crippen molar-refractivity contribution in [3.8, 4) is 0 Å². The van der Waals surface area contributed by atoms with Gasteiger partial charge in [0.15, 0.2) is 0 Å². The van der Waals surface area contributed by atoms with Crippen LogP contribution in [0.4, 0.5) is 0 Å². The number of carbonyl (C=O) groups is 1. The largest absolute Gasteiger partial charge is 0.352 e. The number of aromatic nitrogens is 2. The number of nitrogens with one attached hydrogen (secondary N) is 1. The van der Waals surface area contributed by atoms with Crippen molar-refractivity contribution in [2.75, 3.05) is 6.54 Å². The van der Waals surface area contributed by atoms with Crippen LogP contribution >= 0.6 is 0 Å². The molecule has 4 nitrogen and oxygen atoms in total. The lowest BCUT2D eigenvalue weighted by atomic mass is 10.2. The molecule has 0 fully saturated rings. The Morgan fingerprint density at radius 1 is 1.38 bits per heavy atom. The van der Waals surface area contributed by atoms with Crippen molar-refractivity contribution < 1.29 is 4.79 Å². The van der Waals surface area contributed by atoms with E-state index in [1.807, 2.05) is 18.2 Å². The third kappa shape index (κ3) is 3.72. The van der Waals surface area contributed by atoms with Crippen LogP contribution in [0.1, 0.15) is 32.5 Å². The van der Waals surface area contributed by atoms with Gasteiger partial charge in [0.1, 0.15) is 5.82 Å². The van der Waals surface area contributed by atoms with Crippen molar-refractivity contribution in [1.29, 1.82) is 0 Å². The van der Waals surface area contributed by atoms with Crippen molar-refractivity contribution in [3.63, 3.8) is 0 Å². The fourth-order valence-corrected chi connectivity index (χ4v) is 2.39. The molecule has 0 saturated heterocycles. The second-order valence-electron chi connectivity index (χ2n) is 5.31. The number of carbonyl (C=O) groups excluding carboxylic acids is 1. The van der Waals surface area contributed by atoms with Crippen LogP contribution in [0.15, 0.2) is 36.4 Å². The van der Waals surface area contributed by atoms with Crippen LogP contribution in [0.5, 0.6) is 0 Å². The molecule has 0 aliphatic rings. The molecule has 4 heteroatoms. The van der Waals surface area contributed by atoms with Crippen LogP contribution in [0.25, 0.3) is 11.0 Å². The summed E-state index contributed by atoms with van der Waals surface area (Å²) in [7, 11) is 0. The van der Waals surface area contributed by atoms with E-state index in [1.54, 1.807) is 6.92 Å². The molecular formula is C17H23N3O. The molecule has 2 rings (SSSR count). The number of fused-ring (bicyclic) bond motifs is 1. The summed E-state index contributed by atoms with van der Waals surface area (Å²) in [5.41, 5.74) is 2.79. The molecule has 0 atom stereocenters. The first-order valence-electron chi connectivity index (χ1n) is 7.51. The minimum Gasteiger partial charge on any atom is -0.352 e. The van der Waals surface area contributed by atoms with E-state index in [9.17, 15) is 4.79 Å². The number of hydrogen-bond donors (Lipinski definition) is 1. The van der Waals surface area contributed by atoms with Crippen molar-refractivity contribution in [2.45, 2.75) is 39.7 Å². The number of rotatable bonds is 7. The Morgan fingerprint density at radius 2 is 2.14 bits per heavy atom. The number of benzene rings is 1. The van der Waals surface area contributed by atoms with Gasteiger partial charge in [-0.2, -0.15) is 0 Å². The van der Waals surface area contributed by atoms with Gasteiger partial charge in [0, 0.05) is 25.1 Å². The van der Waals surface area contributed by atoms with Crippen molar-refractivity contribution in [1.82, 2.24) is 14.9 Å². The molecule has 0 unspecified atom stereocenters. The van der Waals surface area contributed by atoms with Crippen LogP contribution in [0.2, 0.25) is 0 Å². The highest BCUT2D eigenvalue weighted by Crippen LogP contribution is 2.17. The maximum atomic E-state index is 11.4. The van der Waals surface area contributed by atoms with Gasteiger partial charge in [-0.3, -0.25) is 4.79 Å². The van der Waals surface area contributed by atoms with E-state index >= 15 is 0 Å². The standard InChI is InChI=1S/C17H23N3O/c1-4-12-20-15-9-6-5-8-14(15)19-16(20)10-7-11-18-17(21)13(2)3/h5-6,8-9H,2,4,7,10-12H2,1,3H3,(H,18,21). The molecule has 112 valence electrons. The summed E-state index contributed by atoms with van der Waals surface area (Å²) >= 11 is 0. The van der Waals surface area contributed by atoms with Gasteiger partial charge in [0.25, 0.3) is 0 Å². The molecule has 1 amide bonds. The van der Waals surface area contributed by atoms with E-state index in [4.69, 9.17) is 4.98 Å². The fraction of sp³-hybridized carbons (Fsp3) is 0.412. The SMILES string of the molecule is C=C(C)C(=O)NCCCc1nc2ccccc2n1CCC. The average Bonchev–Trinajstić information content (AvgIpc) is 2.82. The third-order valence-corrected chi connectivity index (χ3v) is 3.43. The molecule has 1 aromatic heterocycles. The van der Waals surface area contributed by atoms with Gasteiger partial charge in [0.05, 0.1) is 11.0 Å². The molecule has 1 aromatic carbocycles. The molecule has 0 aliphatic heterocycles. The summed E-state index contributed by atoms with van der Waals surface area (Å²) in [5, 5.41) is 2.86. The molecule has 2 aromatic rings. The van der Waals surface area contributed by atoms with Crippen molar-refractivity contribution in [2.24, 2.45) is 0 Å². The number of amides is 1. The van der Waals surface area contributed by atoms with Gasteiger partial charge in [0.2, 0.25) is 5.91 Å². The highest BCUT2D eigenvalue weighted by molar-refractivity contribution is 5.92. The first kappa shape index (κ1) is 15.3. The molecular weight excluding hydrogens is 262 g/mol. The Balaban J connectivity index is 2.02.